The number of hydrogen-bond donors (Lipinski definition) is 0. The Bertz CT molecular complexity index is 981. The molecule has 5 rings (SSSR count). The molecule has 3 aromatic rings. The zero-order chi connectivity index (χ0) is 19.1. The number of aromatic nitrogens is 1. The van der Waals surface area contributed by atoms with E-state index in [-0.39, 0.29) is 11.9 Å². The van der Waals surface area contributed by atoms with Gasteiger partial charge in [-0.25, -0.2) is 0 Å². The Morgan fingerprint density at radius 1 is 1.07 bits per heavy atom. The van der Waals surface area contributed by atoms with Gasteiger partial charge >= 0.3 is 0 Å². The van der Waals surface area contributed by atoms with Crippen molar-refractivity contribution in [2.24, 2.45) is 0 Å². The number of fused-ring (bicyclic) bond motifs is 3. The van der Waals surface area contributed by atoms with Crippen molar-refractivity contribution in [1.82, 2.24) is 14.4 Å². The van der Waals surface area contributed by atoms with Crippen LogP contribution in [0.2, 0.25) is 0 Å². The van der Waals surface area contributed by atoms with Gasteiger partial charge in [0.05, 0.1) is 25.7 Å². The minimum atomic E-state index is 0.142. The van der Waals surface area contributed by atoms with Gasteiger partial charge in [-0.05, 0) is 41.3 Å². The first-order valence-corrected chi connectivity index (χ1v) is 10.5. The van der Waals surface area contributed by atoms with Crippen LogP contribution >= 0.6 is 11.3 Å². The smallest absolute Gasteiger partial charge is 0.271 e. The fraction of sp³-hybridized carbons (Fsp3) is 0.318. The van der Waals surface area contributed by atoms with Gasteiger partial charge in [-0.2, -0.15) is 0 Å². The molecule has 144 valence electrons. The summed E-state index contributed by atoms with van der Waals surface area (Å²) in [5, 5.41) is 2.08. The molecule has 28 heavy (non-hydrogen) atoms. The van der Waals surface area contributed by atoms with E-state index in [0.717, 1.165) is 31.1 Å². The average Bonchev–Trinajstić information content (AvgIpc) is 3.45. The topological polar surface area (TPSA) is 37.7 Å². The third kappa shape index (κ3) is 3.02. The van der Waals surface area contributed by atoms with E-state index >= 15 is 0 Å². The van der Waals surface area contributed by atoms with Crippen LogP contribution in [-0.4, -0.2) is 46.5 Å². The molecular formula is C22H23N3O2S. The van der Waals surface area contributed by atoms with Gasteiger partial charge in [0, 0.05) is 30.7 Å². The first kappa shape index (κ1) is 17.5. The first-order chi connectivity index (χ1) is 13.7. The van der Waals surface area contributed by atoms with E-state index in [9.17, 15) is 4.79 Å². The number of carbonyl (C=O) groups excluding carboxylic acids is 1. The third-order valence-electron chi connectivity index (χ3n) is 5.80. The van der Waals surface area contributed by atoms with Gasteiger partial charge in [-0.1, -0.05) is 18.2 Å². The molecule has 6 heteroatoms. The van der Waals surface area contributed by atoms with Crippen molar-refractivity contribution >= 4 is 17.2 Å². The van der Waals surface area contributed by atoms with E-state index in [0.29, 0.717) is 12.6 Å². The summed E-state index contributed by atoms with van der Waals surface area (Å²) in [4.78, 5) is 18.9. The van der Waals surface area contributed by atoms with Crippen molar-refractivity contribution in [3.63, 3.8) is 0 Å². The number of amides is 1. The largest absolute Gasteiger partial charge is 0.497 e. The number of methoxy groups -OCH3 is 1. The van der Waals surface area contributed by atoms with Crippen LogP contribution in [0.25, 0.3) is 0 Å². The molecule has 1 saturated heterocycles. The first-order valence-electron chi connectivity index (χ1n) is 9.58. The van der Waals surface area contributed by atoms with Crippen LogP contribution in [0.4, 0.5) is 0 Å². The number of hydrogen-bond acceptors (Lipinski definition) is 4. The predicted molar refractivity (Wildman–Crippen MR) is 110 cm³/mol. The molecule has 0 aliphatic carbocycles. The molecular weight excluding hydrogens is 370 g/mol. The molecule has 2 aromatic heterocycles. The van der Waals surface area contributed by atoms with Crippen molar-refractivity contribution in [2.75, 3.05) is 20.2 Å². The average molecular weight is 394 g/mol. The normalized spacial score (nSPS) is 21.6. The molecule has 1 fully saturated rings. The molecule has 2 aliphatic rings. The molecule has 2 aliphatic heterocycles. The lowest BCUT2D eigenvalue weighted by Gasteiger charge is -2.38. The Kier molecular flexibility index (Phi) is 4.45. The summed E-state index contributed by atoms with van der Waals surface area (Å²) < 4.78 is 7.55. The maximum Gasteiger partial charge on any atom is 0.271 e. The second-order valence-electron chi connectivity index (χ2n) is 7.49. The van der Waals surface area contributed by atoms with Crippen LogP contribution < -0.4 is 4.74 Å². The Morgan fingerprint density at radius 3 is 2.79 bits per heavy atom. The van der Waals surface area contributed by atoms with E-state index in [2.05, 4.69) is 50.2 Å². The zero-order valence-corrected chi connectivity index (χ0v) is 16.6. The molecule has 1 aromatic carbocycles. The molecule has 4 heterocycles. The molecule has 0 unspecified atom stereocenters. The van der Waals surface area contributed by atoms with Gasteiger partial charge in [-0.15, -0.1) is 11.3 Å². The van der Waals surface area contributed by atoms with E-state index in [4.69, 9.17) is 4.74 Å². The monoisotopic (exact) mass is 393 g/mol. The summed E-state index contributed by atoms with van der Waals surface area (Å²) in [5.74, 6) is 1.03. The van der Waals surface area contributed by atoms with Gasteiger partial charge in [0.25, 0.3) is 5.91 Å². The minimum Gasteiger partial charge on any atom is -0.497 e. The van der Waals surface area contributed by atoms with Crippen LogP contribution in [0.5, 0.6) is 5.75 Å². The van der Waals surface area contributed by atoms with Gasteiger partial charge in [0.2, 0.25) is 0 Å². The summed E-state index contributed by atoms with van der Waals surface area (Å²) in [6.07, 6.45) is 2.06. The fourth-order valence-electron chi connectivity index (χ4n) is 4.51. The molecule has 0 bridgehead atoms. The highest BCUT2D eigenvalue weighted by Crippen LogP contribution is 2.35. The van der Waals surface area contributed by atoms with E-state index in [1.54, 1.807) is 18.4 Å². The quantitative estimate of drug-likeness (QED) is 0.664. The molecule has 0 saturated carbocycles. The number of nitrogens with zero attached hydrogens (tertiary/aromatic N) is 3. The lowest BCUT2D eigenvalue weighted by molar-refractivity contribution is 0.0559. The second kappa shape index (κ2) is 7.11. The summed E-state index contributed by atoms with van der Waals surface area (Å²) in [7, 11) is 1.70. The van der Waals surface area contributed by atoms with Gasteiger partial charge in [0.15, 0.2) is 0 Å². The summed E-state index contributed by atoms with van der Waals surface area (Å²) in [5.41, 5.74) is 2.04. The van der Waals surface area contributed by atoms with Crippen LogP contribution in [0.15, 0.2) is 60.1 Å². The van der Waals surface area contributed by atoms with Gasteiger partial charge in [0.1, 0.15) is 11.4 Å². The lowest BCUT2D eigenvalue weighted by Crippen LogP contribution is -2.49. The van der Waals surface area contributed by atoms with Gasteiger partial charge < -0.3 is 14.2 Å². The highest BCUT2D eigenvalue weighted by molar-refractivity contribution is 7.09. The highest BCUT2D eigenvalue weighted by atomic mass is 32.1. The SMILES string of the molecule is COc1cccc(CN2C[C@H]3[C@H](C2)n2cccc2C(=O)N3Cc2cccs2)c1. The van der Waals surface area contributed by atoms with E-state index in [1.807, 2.05) is 24.3 Å². The highest BCUT2D eigenvalue weighted by Gasteiger charge is 2.44. The Balaban J connectivity index is 1.41. The molecule has 0 N–H and O–H groups in total. The van der Waals surface area contributed by atoms with Crippen LogP contribution in [0.1, 0.15) is 27.0 Å². The number of rotatable bonds is 5. The van der Waals surface area contributed by atoms with Crippen LogP contribution in [0.3, 0.4) is 0 Å². The van der Waals surface area contributed by atoms with Crippen molar-refractivity contribution in [3.8, 4) is 5.75 Å². The molecule has 5 nitrogen and oxygen atoms in total. The van der Waals surface area contributed by atoms with Crippen molar-refractivity contribution < 1.29 is 9.53 Å². The summed E-state index contributed by atoms with van der Waals surface area (Å²) >= 11 is 1.72. The Morgan fingerprint density at radius 2 is 1.96 bits per heavy atom. The number of likely N-dealkylation sites (tertiary alicyclic amines) is 1. The van der Waals surface area contributed by atoms with Gasteiger partial charge in [-0.3, -0.25) is 9.69 Å². The zero-order valence-electron chi connectivity index (χ0n) is 15.8. The molecule has 0 spiro atoms. The third-order valence-corrected chi connectivity index (χ3v) is 6.66. The van der Waals surface area contributed by atoms with Crippen molar-refractivity contribution in [2.45, 2.75) is 25.2 Å². The minimum absolute atomic E-state index is 0.142. The molecule has 1 amide bonds. The fourth-order valence-corrected chi connectivity index (χ4v) is 5.21. The van der Waals surface area contributed by atoms with Crippen molar-refractivity contribution in [1.29, 1.82) is 0 Å². The van der Waals surface area contributed by atoms with Crippen molar-refractivity contribution in [3.05, 3.63) is 76.2 Å². The maximum atomic E-state index is 13.2. The van der Waals surface area contributed by atoms with Crippen LogP contribution in [0, 0.1) is 0 Å². The number of ether oxygens (including phenoxy) is 1. The lowest BCUT2D eigenvalue weighted by atomic mass is 10.1. The standard InChI is InChI=1S/C22H23N3O2S/c1-27-17-6-2-5-16(11-17)12-23-14-20-21(15-23)25(13-18-7-4-10-28-18)22(26)19-8-3-9-24(19)20/h2-11,20-21H,12-15H2,1H3/t20-,21-/m0/s1. The predicted octanol–water partition coefficient (Wildman–Crippen LogP) is 3.64. The van der Waals surface area contributed by atoms with E-state index < -0.39 is 0 Å². The number of carbonyl (C=O) groups is 1. The number of thiophene rings is 1. The second-order valence-corrected chi connectivity index (χ2v) is 8.53. The summed E-state index contributed by atoms with van der Waals surface area (Å²) in [6.45, 7) is 3.38. The van der Waals surface area contributed by atoms with E-state index in [1.165, 1.54) is 10.4 Å². The molecule has 2 atom stereocenters. The summed E-state index contributed by atoms with van der Waals surface area (Å²) in [6, 6.07) is 16.8. The number of benzene rings is 1. The molecule has 0 radical (unpaired) electrons. The maximum absolute atomic E-state index is 13.2. The Hall–Kier alpha value is -2.57. The Labute approximate surface area is 168 Å². The van der Waals surface area contributed by atoms with Crippen LogP contribution in [-0.2, 0) is 13.1 Å².